The molecule has 0 bridgehead atoms. The fourth-order valence-corrected chi connectivity index (χ4v) is 2.09. The number of hydrogen-bond acceptors (Lipinski definition) is 4. The third kappa shape index (κ3) is 3.49. The molecule has 1 aromatic carbocycles. The Morgan fingerprint density at radius 1 is 1.29 bits per heavy atom. The molecule has 0 saturated heterocycles. The Bertz CT molecular complexity index is 685. The minimum Gasteiger partial charge on any atom is -0.351 e. The second kappa shape index (κ2) is 5.69. The molecule has 0 unspecified atom stereocenters. The number of nitrogens with zero attached hydrogens (tertiary/aromatic N) is 2. The zero-order chi connectivity index (χ0) is 14.8. The number of para-hydroxylation sites is 1. The van der Waals surface area contributed by atoms with Crippen molar-refractivity contribution in [1.29, 1.82) is 0 Å². The van der Waals surface area contributed by atoms with Gasteiger partial charge in [0.2, 0.25) is 5.95 Å². The van der Waals surface area contributed by atoms with Crippen molar-refractivity contribution in [3.05, 3.63) is 46.7 Å². The number of nitrogens with one attached hydrogen (secondary N) is 2. The minimum atomic E-state index is -0.299. The van der Waals surface area contributed by atoms with Gasteiger partial charge in [-0.25, -0.2) is 9.97 Å². The molecule has 5 nitrogen and oxygen atoms in total. The minimum absolute atomic E-state index is 0.299. The summed E-state index contributed by atoms with van der Waals surface area (Å²) >= 11 is 6.04. The summed E-state index contributed by atoms with van der Waals surface area (Å²) in [5.41, 5.74) is 1.64. The Hall–Kier alpha value is -2.14. The van der Waals surface area contributed by atoms with Gasteiger partial charge in [0.05, 0.1) is 10.7 Å². The Kier molecular flexibility index (Phi) is 3.75. The maximum atomic E-state index is 12.3. The lowest BCUT2D eigenvalue weighted by molar-refractivity contribution is 0.102. The van der Waals surface area contributed by atoms with Crippen molar-refractivity contribution in [1.82, 2.24) is 9.97 Å². The fourth-order valence-electron chi connectivity index (χ4n) is 1.91. The van der Waals surface area contributed by atoms with Gasteiger partial charge in [-0.1, -0.05) is 23.7 Å². The summed E-state index contributed by atoms with van der Waals surface area (Å²) in [4.78, 5) is 20.8. The van der Waals surface area contributed by atoms with Gasteiger partial charge in [-0.05, 0) is 38.0 Å². The topological polar surface area (TPSA) is 66.9 Å². The van der Waals surface area contributed by atoms with E-state index in [0.717, 1.165) is 18.5 Å². The van der Waals surface area contributed by atoms with Gasteiger partial charge >= 0.3 is 0 Å². The van der Waals surface area contributed by atoms with Crippen LogP contribution in [0.1, 0.15) is 29.0 Å². The Labute approximate surface area is 127 Å². The van der Waals surface area contributed by atoms with Gasteiger partial charge in [0.25, 0.3) is 5.91 Å². The highest BCUT2D eigenvalue weighted by Gasteiger charge is 2.22. The van der Waals surface area contributed by atoms with Crippen molar-refractivity contribution in [3.8, 4) is 0 Å². The molecule has 1 saturated carbocycles. The highest BCUT2D eigenvalue weighted by molar-refractivity contribution is 6.33. The van der Waals surface area contributed by atoms with Gasteiger partial charge in [-0.15, -0.1) is 0 Å². The number of amides is 1. The van der Waals surface area contributed by atoms with E-state index < -0.39 is 0 Å². The third-order valence-electron chi connectivity index (χ3n) is 3.12. The summed E-state index contributed by atoms with van der Waals surface area (Å²) in [6.45, 7) is 1.84. The Balaban J connectivity index is 1.80. The van der Waals surface area contributed by atoms with Crippen LogP contribution in [0.4, 0.5) is 11.6 Å². The zero-order valence-electron chi connectivity index (χ0n) is 11.6. The Morgan fingerprint density at radius 3 is 2.76 bits per heavy atom. The molecule has 1 aromatic heterocycles. The standard InChI is InChI=1S/C15H15ClN4O/c1-9-8-13(20-15(17-9)18-10-6-7-10)14(21)19-12-5-3-2-4-11(12)16/h2-5,8,10H,6-7H2,1H3,(H,19,21)(H,17,18,20). The molecule has 6 heteroatoms. The molecule has 1 fully saturated rings. The van der Waals surface area contributed by atoms with Gasteiger partial charge in [0, 0.05) is 11.7 Å². The predicted molar refractivity (Wildman–Crippen MR) is 82.8 cm³/mol. The first kappa shape index (κ1) is 13.8. The van der Waals surface area contributed by atoms with E-state index in [2.05, 4.69) is 20.6 Å². The van der Waals surface area contributed by atoms with Crippen molar-refractivity contribution in [2.75, 3.05) is 10.6 Å². The highest BCUT2D eigenvalue weighted by Crippen LogP contribution is 2.24. The number of anilines is 2. The smallest absolute Gasteiger partial charge is 0.274 e. The van der Waals surface area contributed by atoms with E-state index in [1.807, 2.05) is 19.1 Å². The molecule has 108 valence electrons. The monoisotopic (exact) mass is 302 g/mol. The van der Waals surface area contributed by atoms with Gasteiger partial charge in [-0.2, -0.15) is 0 Å². The number of carbonyl (C=O) groups is 1. The van der Waals surface area contributed by atoms with Crippen LogP contribution in [-0.4, -0.2) is 21.9 Å². The molecule has 0 aliphatic heterocycles. The van der Waals surface area contributed by atoms with Crippen LogP contribution in [0, 0.1) is 6.92 Å². The molecule has 1 heterocycles. The molecule has 2 N–H and O–H groups in total. The second-order valence-corrected chi connectivity index (χ2v) is 5.48. The molecule has 0 radical (unpaired) electrons. The van der Waals surface area contributed by atoms with Gasteiger partial charge < -0.3 is 10.6 Å². The lowest BCUT2D eigenvalue weighted by Crippen LogP contribution is -2.16. The quantitative estimate of drug-likeness (QED) is 0.909. The van der Waals surface area contributed by atoms with Crippen molar-refractivity contribution in [3.63, 3.8) is 0 Å². The van der Waals surface area contributed by atoms with E-state index in [9.17, 15) is 4.79 Å². The number of aryl methyl sites for hydroxylation is 1. The van der Waals surface area contributed by atoms with Crippen LogP contribution in [0.3, 0.4) is 0 Å². The van der Waals surface area contributed by atoms with Crippen LogP contribution in [0.15, 0.2) is 30.3 Å². The summed E-state index contributed by atoms with van der Waals surface area (Å²) in [6, 6.07) is 9.19. The van der Waals surface area contributed by atoms with Crippen molar-refractivity contribution in [2.45, 2.75) is 25.8 Å². The largest absolute Gasteiger partial charge is 0.351 e. The number of carbonyl (C=O) groups excluding carboxylic acids is 1. The first-order chi connectivity index (χ1) is 10.1. The SMILES string of the molecule is Cc1cc(C(=O)Nc2ccccc2Cl)nc(NC2CC2)n1. The number of halogens is 1. The molecule has 3 rings (SSSR count). The lowest BCUT2D eigenvalue weighted by atomic mass is 10.3. The second-order valence-electron chi connectivity index (χ2n) is 5.07. The molecular weight excluding hydrogens is 288 g/mol. The van der Waals surface area contributed by atoms with E-state index in [1.165, 1.54) is 0 Å². The average Bonchev–Trinajstić information content (AvgIpc) is 3.24. The molecule has 21 heavy (non-hydrogen) atoms. The van der Waals surface area contributed by atoms with Crippen molar-refractivity contribution >= 4 is 29.1 Å². The molecule has 0 spiro atoms. The van der Waals surface area contributed by atoms with Gasteiger partial charge in [0.1, 0.15) is 5.69 Å². The normalized spacial score (nSPS) is 13.8. The van der Waals surface area contributed by atoms with E-state index in [0.29, 0.717) is 28.4 Å². The van der Waals surface area contributed by atoms with Crippen LogP contribution in [0.25, 0.3) is 0 Å². The van der Waals surface area contributed by atoms with Crippen LogP contribution < -0.4 is 10.6 Å². The molecule has 1 aliphatic carbocycles. The van der Waals surface area contributed by atoms with Crippen molar-refractivity contribution in [2.24, 2.45) is 0 Å². The van der Waals surface area contributed by atoms with E-state index >= 15 is 0 Å². The van der Waals surface area contributed by atoms with E-state index in [4.69, 9.17) is 11.6 Å². The van der Waals surface area contributed by atoms with Gasteiger partial charge in [0.15, 0.2) is 0 Å². The zero-order valence-corrected chi connectivity index (χ0v) is 12.3. The maximum Gasteiger partial charge on any atom is 0.274 e. The fraction of sp³-hybridized carbons (Fsp3) is 0.267. The van der Waals surface area contributed by atoms with Crippen LogP contribution in [0.5, 0.6) is 0 Å². The van der Waals surface area contributed by atoms with Crippen LogP contribution in [-0.2, 0) is 0 Å². The first-order valence-corrected chi connectivity index (χ1v) is 7.18. The van der Waals surface area contributed by atoms with Gasteiger partial charge in [-0.3, -0.25) is 4.79 Å². The van der Waals surface area contributed by atoms with Crippen LogP contribution in [0.2, 0.25) is 5.02 Å². The lowest BCUT2D eigenvalue weighted by Gasteiger charge is -2.09. The highest BCUT2D eigenvalue weighted by atomic mass is 35.5. The molecule has 0 atom stereocenters. The van der Waals surface area contributed by atoms with E-state index in [1.54, 1.807) is 18.2 Å². The van der Waals surface area contributed by atoms with Crippen molar-refractivity contribution < 1.29 is 4.79 Å². The summed E-state index contributed by atoms with van der Waals surface area (Å²) in [7, 11) is 0. The number of aromatic nitrogens is 2. The molecular formula is C15H15ClN4O. The van der Waals surface area contributed by atoms with Crippen LogP contribution >= 0.6 is 11.6 Å². The average molecular weight is 303 g/mol. The summed E-state index contributed by atoms with van der Waals surface area (Å²) < 4.78 is 0. The van der Waals surface area contributed by atoms with E-state index in [-0.39, 0.29) is 5.91 Å². The number of rotatable bonds is 4. The molecule has 2 aromatic rings. The maximum absolute atomic E-state index is 12.3. The summed E-state index contributed by atoms with van der Waals surface area (Å²) in [5.74, 6) is 0.203. The molecule has 1 amide bonds. The predicted octanol–water partition coefficient (Wildman–Crippen LogP) is 3.27. The Morgan fingerprint density at radius 2 is 2.05 bits per heavy atom. The third-order valence-corrected chi connectivity index (χ3v) is 3.45. The first-order valence-electron chi connectivity index (χ1n) is 6.80. The summed E-state index contributed by atoms with van der Waals surface area (Å²) in [6.07, 6.45) is 2.25. The number of hydrogen-bond donors (Lipinski definition) is 2. The number of benzene rings is 1. The molecule has 1 aliphatic rings. The summed E-state index contributed by atoms with van der Waals surface area (Å²) in [5, 5.41) is 6.45.